The van der Waals surface area contributed by atoms with Gasteiger partial charge in [0.05, 0.1) is 0 Å². The second-order valence-electron chi connectivity index (χ2n) is 6.50. The van der Waals surface area contributed by atoms with E-state index in [0.717, 1.165) is 18.1 Å². The van der Waals surface area contributed by atoms with Gasteiger partial charge in [-0.1, -0.05) is 44.4 Å². The molecule has 2 rings (SSSR count). The highest BCUT2D eigenvalue weighted by atomic mass is 35.5. The number of aryl methyl sites for hydroxylation is 1. The Morgan fingerprint density at radius 1 is 1.24 bits per heavy atom. The smallest absolute Gasteiger partial charge is 0.0473 e. The minimum Gasteiger partial charge on any atom is -0.329 e. The number of hydrogen-bond donors (Lipinski definition) is 1. The minimum absolute atomic E-state index is 0.328. The summed E-state index contributed by atoms with van der Waals surface area (Å²) >= 11 is 6.08. The third-order valence-electron chi connectivity index (χ3n) is 5.61. The molecule has 0 amide bonds. The standard InChI is InChI=1S/C18H29ClN2/c1-4-18(5-2)8-10-21(11-9-18)17(13-20)16-7-6-15(19)12-14(16)3/h6-7,12,17H,4-5,8-11,13,20H2,1-3H3. The van der Waals surface area contributed by atoms with Gasteiger partial charge in [-0.25, -0.2) is 0 Å². The van der Waals surface area contributed by atoms with E-state index in [1.165, 1.54) is 36.8 Å². The molecule has 0 aliphatic carbocycles. The van der Waals surface area contributed by atoms with Crippen molar-refractivity contribution in [3.63, 3.8) is 0 Å². The molecule has 1 fully saturated rings. The van der Waals surface area contributed by atoms with Crippen LogP contribution in [-0.2, 0) is 0 Å². The van der Waals surface area contributed by atoms with E-state index < -0.39 is 0 Å². The molecule has 0 saturated carbocycles. The molecule has 0 bridgehead atoms. The summed E-state index contributed by atoms with van der Waals surface area (Å²) in [5.41, 5.74) is 9.25. The lowest BCUT2D eigenvalue weighted by Gasteiger charge is -2.44. The van der Waals surface area contributed by atoms with Crippen molar-refractivity contribution in [1.82, 2.24) is 4.90 Å². The van der Waals surface area contributed by atoms with Gasteiger partial charge in [0.15, 0.2) is 0 Å². The van der Waals surface area contributed by atoms with E-state index >= 15 is 0 Å². The highest BCUT2D eigenvalue weighted by molar-refractivity contribution is 6.30. The molecule has 1 aliphatic rings. The molecule has 3 heteroatoms. The average molecular weight is 309 g/mol. The third-order valence-corrected chi connectivity index (χ3v) is 5.85. The van der Waals surface area contributed by atoms with Crippen LogP contribution in [0, 0.1) is 12.3 Å². The van der Waals surface area contributed by atoms with E-state index in [0.29, 0.717) is 18.0 Å². The Kier molecular flexibility index (Phi) is 5.70. The van der Waals surface area contributed by atoms with Crippen molar-refractivity contribution in [2.45, 2.75) is 52.5 Å². The van der Waals surface area contributed by atoms with Gasteiger partial charge >= 0.3 is 0 Å². The third kappa shape index (κ3) is 3.61. The van der Waals surface area contributed by atoms with Crippen molar-refractivity contribution in [3.05, 3.63) is 34.3 Å². The number of nitrogens with two attached hydrogens (primary N) is 1. The molecule has 1 unspecified atom stereocenters. The highest BCUT2D eigenvalue weighted by Gasteiger charge is 2.33. The predicted octanol–water partition coefficient (Wildman–Crippen LogP) is 4.55. The first-order valence-electron chi connectivity index (χ1n) is 8.25. The van der Waals surface area contributed by atoms with E-state index in [-0.39, 0.29) is 0 Å². The van der Waals surface area contributed by atoms with Gasteiger partial charge in [-0.15, -0.1) is 0 Å². The number of piperidine rings is 1. The Bertz CT molecular complexity index is 458. The Morgan fingerprint density at radius 2 is 1.86 bits per heavy atom. The molecule has 1 atom stereocenters. The van der Waals surface area contributed by atoms with Crippen molar-refractivity contribution in [3.8, 4) is 0 Å². The van der Waals surface area contributed by atoms with Gasteiger partial charge in [-0.05, 0) is 61.5 Å². The summed E-state index contributed by atoms with van der Waals surface area (Å²) in [6.07, 6.45) is 5.18. The average Bonchev–Trinajstić information content (AvgIpc) is 2.51. The molecule has 1 saturated heterocycles. The topological polar surface area (TPSA) is 29.3 Å². The lowest BCUT2D eigenvalue weighted by Crippen LogP contribution is -2.43. The highest BCUT2D eigenvalue weighted by Crippen LogP contribution is 2.40. The molecule has 0 radical (unpaired) electrons. The molecule has 1 aromatic rings. The second kappa shape index (κ2) is 7.13. The lowest BCUT2D eigenvalue weighted by molar-refractivity contribution is 0.0678. The van der Waals surface area contributed by atoms with Crippen molar-refractivity contribution in [2.75, 3.05) is 19.6 Å². The molecule has 1 aliphatic heterocycles. The first kappa shape index (κ1) is 16.8. The Labute approximate surface area is 134 Å². The second-order valence-corrected chi connectivity index (χ2v) is 6.93. The van der Waals surface area contributed by atoms with Crippen LogP contribution in [0.15, 0.2) is 18.2 Å². The summed E-state index contributed by atoms with van der Waals surface area (Å²) in [5.74, 6) is 0. The minimum atomic E-state index is 0.328. The molecule has 2 nitrogen and oxygen atoms in total. The predicted molar refractivity (Wildman–Crippen MR) is 91.8 cm³/mol. The fraction of sp³-hybridized carbons (Fsp3) is 0.667. The van der Waals surface area contributed by atoms with Gasteiger partial charge in [-0.2, -0.15) is 0 Å². The van der Waals surface area contributed by atoms with Gasteiger partial charge in [0, 0.05) is 17.6 Å². The monoisotopic (exact) mass is 308 g/mol. The number of nitrogens with zero attached hydrogens (tertiary/aromatic N) is 1. The zero-order chi connectivity index (χ0) is 15.5. The number of benzene rings is 1. The van der Waals surface area contributed by atoms with Gasteiger partial charge in [0.1, 0.15) is 0 Å². The van der Waals surface area contributed by atoms with E-state index in [4.69, 9.17) is 17.3 Å². The largest absolute Gasteiger partial charge is 0.329 e. The van der Waals surface area contributed by atoms with Gasteiger partial charge in [0.25, 0.3) is 0 Å². The summed E-state index contributed by atoms with van der Waals surface area (Å²) in [4.78, 5) is 2.57. The van der Waals surface area contributed by atoms with Gasteiger partial charge < -0.3 is 5.73 Å². The van der Waals surface area contributed by atoms with Crippen LogP contribution in [0.5, 0.6) is 0 Å². The SMILES string of the molecule is CCC1(CC)CCN(C(CN)c2ccc(Cl)cc2C)CC1. The fourth-order valence-corrected chi connectivity index (χ4v) is 3.98. The van der Waals surface area contributed by atoms with Crippen molar-refractivity contribution in [1.29, 1.82) is 0 Å². The molecular formula is C18H29ClN2. The number of halogens is 1. The zero-order valence-electron chi connectivity index (χ0n) is 13.7. The maximum atomic E-state index is 6.10. The molecule has 2 N–H and O–H groups in total. The van der Waals surface area contributed by atoms with E-state index in [2.05, 4.69) is 31.7 Å². The van der Waals surface area contributed by atoms with E-state index in [1.807, 2.05) is 12.1 Å². The number of likely N-dealkylation sites (tertiary alicyclic amines) is 1. The molecular weight excluding hydrogens is 280 g/mol. The van der Waals surface area contributed by atoms with Crippen LogP contribution in [0.4, 0.5) is 0 Å². The molecule has 1 heterocycles. The lowest BCUT2D eigenvalue weighted by atomic mass is 9.74. The van der Waals surface area contributed by atoms with E-state index in [1.54, 1.807) is 0 Å². The van der Waals surface area contributed by atoms with Crippen LogP contribution in [0.3, 0.4) is 0 Å². The van der Waals surface area contributed by atoms with Crippen molar-refractivity contribution >= 4 is 11.6 Å². The Balaban J connectivity index is 2.13. The van der Waals surface area contributed by atoms with Gasteiger partial charge in [-0.3, -0.25) is 4.90 Å². The summed E-state index contributed by atoms with van der Waals surface area (Å²) < 4.78 is 0. The van der Waals surface area contributed by atoms with Crippen molar-refractivity contribution in [2.24, 2.45) is 11.1 Å². The fourth-order valence-electron chi connectivity index (χ4n) is 3.75. The van der Waals surface area contributed by atoms with Crippen LogP contribution in [0.2, 0.25) is 5.02 Å². The number of rotatable bonds is 5. The van der Waals surface area contributed by atoms with Crippen LogP contribution in [-0.4, -0.2) is 24.5 Å². The molecule has 118 valence electrons. The van der Waals surface area contributed by atoms with Crippen LogP contribution >= 0.6 is 11.6 Å². The first-order valence-corrected chi connectivity index (χ1v) is 8.63. The van der Waals surface area contributed by atoms with Gasteiger partial charge in [0.2, 0.25) is 0 Å². The summed E-state index contributed by atoms with van der Waals surface area (Å²) in [6.45, 7) is 9.80. The Morgan fingerprint density at radius 3 is 2.33 bits per heavy atom. The van der Waals surface area contributed by atoms with Crippen LogP contribution in [0.25, 0.3) is 0 Å². The van der Waals surface area contributed by atoms with Crippen LogP contribution in [0.1, 0.15) is 56.7 Å². The number of hydrogen-bond acceptors (Lipinski definition) is 2. The van der Waals surface area contributed by atoms with Crippen LogP contribution < -0.4 is 5.73 Å². The normalized spacial score (nSPS) is 20.4. The van der Waals surface area contributed by atoms with E-state index in [9.17, 15) is 0 Å². The van der Waals surface area contributed by atoms with Crippen molar-refractivity contribution < 1.29 is 0 Å². The molecule has 21 heavy (non-hydrogen) atoms. The summed E-state index contributed by atoms with van der Waals surface area (Å²) in [6, 6.07) is 6.51. The first-order chi connectivity index (χ1) is 10.0. The molecule has 0 spiro atoms. The summed E-state index contributed by atoms with van der Waals surface area (Å²) in [7, 11) is 0. The molecule has 0 aromatic heterocycles. The summed E-state index contributed by atoms with van der Waals surface area (Å²) in [5, 5.41) is 0.807. The zero-order valence-corrected chi connectivity index (χ0v) is 14.4. The molecule has 1 aromatic carbocycles. The maximum Gasteiger partial charge on any atom is 0.0473 e. The maximum absolute atomic E-state index is 6.10. The Hall–Kier alpha value is -0.570. The quantitative estimate of drug-likeness (QED) is 0.864.